The second kappa shape index (κ2) is 7.41. The Labute approximate surface area is 177 Å². The van der Waals surface area contributed by atoms with Crippen molar-refractivity contribution in [1.82, 2.24) is 5.32 Å². The van der Waals surface area contributed by atoms with Crippen LogP contribution in [0.2, 0.25) is 5.02 Å². The first kappa shape index (κ1) is 20.9. The Morgan fingerprint density at radius 2 is 1.60 bits per heavy atom. The fourth-order valence-electron chi connectivity index (χ4n) is 4.63. The molecule has 1 aliphatic heterocycles. The number of amides is 1. The van der Waals surface area contributed by atoms with Crippen LogP contribution in [-0.4, -0.2) is 23.4 Å². The molecule has 2 aliphatic rings. The standard InChI is InChI=1S/C23H21ClF3NO2/c1-13-2-3-15(14-4-6-17(24)7-5-14)12-18(13)19-20(29)22(28-21(19)30)10-8-16(9-11-22)23(25,26)27/h2-7,12,16,19H,8-11H2,1H3,(H,28,30). The summed E-state index contributed by atoms with van der Waals surface area (Å²) in [5, 5.41) is 3.36. The Morgan fingerprint density at radius 3 is 2.20 bits per heavy atom. The Balaban J connectivity index is 1.63. The number of benzene rings is 2. The number of nitrogens with one attached hydrogen (secondary N) is 1. The smallest absolute Gasteiger partial charge is 0.343 e. The summed E-state index contributed by atoms with van der Waals surface area (Å²) in [6.07, 6.45) is -4.52. The van der Waals surface area contributed by atoms with Gasteiger partial charge in [-0.05, 0) is 73.1 Å². The average molecular weight is 436 g/mol. The molecule has 30 heavy (non-hydrogen) atoms. The number of alkyl halides is 3. The molecule has 1 N–H and O–H groups in total. The Morgan fingerprint density at radius 1 is 1.00 bits per heavy atom. The maximum atomic E-state index is 13.3. The van der Waals surface area contributed by atoms with Crippen LogP contribution in [0.3, 0.4) is 0 Å². The molecule has 0 aromatic heterocycles. The summed E-state index contributed by atoms with van der Waals surface area (Å²) in [5.41, 5.74) is 1.94. The van der Waals surface area contributed by atoms with E-state index in [1.807, 2.05) is 37.3 Å². The van der Waals surface area contributed by atoms with Gasteiger partial charge >= 0.3 is 6.18 Å². The normalized spacial score (nSPS) is 26.8. The summed E-state index contributed by atoms with van der Waals surface area (Å²) in [5.74, 6) is -3.16. The molecule has 2 aromatic rings. The van der Waals surface area contributed by atoms with Crippen LogP contribution >= 0.6 is 11.6 Å². The van der Waals surface area contributed by atoms with E-state index in [1.54, 1.807) is 12.1 Å². The molecule has 1 unspecified atom stereocenters. The fourth-order valence-corrected chi connectivity index (χ4v) is 4.76. The molecule has 1 heterocycles. The van der Waals surface area contributed by atoms with Crippen LogP contribution in [0.25, 0.3) is 11.1 Å². The molecular weight excluding hydrogens is 415 g/mol. The second-order valence-electron chi connectivity index (χ2n) is 8.26. The lowest BCUT2D eigenvalue weighted by Crippen LogP contribution is -2.50. The Kier molecular flexibility index (Phi) is 5.17. The van der Waals surface area contributed by atoms with Crippen LogP contribution in [0.4, 0.5) is 13.2 Å². The van der Waals surface area contributed by atoms with Crippen LogP contribution in [0.15, 0.2) is 42.5 Å². The van der Waals surface area contributed by atoms with E-state index < -0.39 is 29.5 Å². The van der Waals surface area contributed by atoms with Crippen molar-refractivity contribution in [2.75, 3.05) is 0 Å². The van der Waals surface area contributed by atoms with Gasteiger partial charge in [-0.25, -0.2) is 0 Å². The van der Waals surface area contributed by atoms with Gasteiger partial charge < -0.3 is 5.32 Å². The van der Waals surface area contributed by atoms with Gasteiger partial charge in [0, 0.05) is 5.02 Å². The van der Waals surface area contributed by atoms with E-state index in [1.165, 1.54) is 0 Å². The van der Waals surface area contributed by atoms with Gasteiger partial charge in [-0.15, -0.1) is 0 Å². The molecule has 2 aromatic carbocycles. The number of hydrogen-bond donors (Lipinski definition) is 1. The topological polar surface area (TPSA) is 46.2 Å². The van der Waals surface area contributed by atoms with Gasteiger partial charge in [0.05, 0.1) is 11.5 Å². The van der Waals surface area contributed by atoms with E-state index in [4.69, 9.17) is 11.6 Å². The highest BCUT2D eigenvalue weighted by atomic mass is 35.5. The molecule has 1 saturated heterocycles. The zero-order chi connectivity index (χ0) is 21.7. The largest absolute Gasteiger partial charge is 0.391 e. The lowest BCUT2D eigenvalue weighted by Gasteiger charge is -2.36. The number of carbonyl (C=O) groups excluding carboxylic acids is 2. The first-order chi connectivity index (χ1) is 14.1. The average Bonchev–Trinajstić information content (AvgIpc) is 2.92. The maximum Gasteiger partial charge on any atom is 0.391 e. The third-order valence-corrected chi connectivity index (χ3v) is 6.68. The van der Waals surface area contributed by atoms with Gasteiger partial charge in [-0.3, -0.25) is 9.59 Å². The number of carbonyl (C=O) groups is 2. The molecule has 7 heteroatoms. The van der Waals surface area contributed by atoms with Crippen LogP contribution in [0.5, 0.6) is 0 Å². The summed E-state index contributed by atoms with van der Waals surface area (Å²) in [4.78, 5) is 26.1. The van der Waals surface area contributed by atoms with E-state index in [9.17, 15) is 22.8 Å². The van der Waals surface area contributed by atoms with Crippen molar-refractivity contribution in [2.45, 2.75) is 50.2 Å². The van der Waals surface area contributed by atoms with Gasteiger partial charge in [0.2, 0.25) is 5.91 Å². The van der Waals surface area contributed by atoms with Crippen LogP contribution in [-0.2, 0) is 9.59 Å². The molecule has 158 valence electrons. The minimum atomic E-state index is -4.27. The van der Waals surface area contributed by atoms with Crippen molar-refractivity contribution in [1.29, 1.82) is 0 Å². The monoisotopic (exact) mass is 435 g/mol. The molecule has 1 atom stereocenters. The van der Waals surface area contributed by atoms with Crippen LogP contribution in [0, 0.1) is 12.8 Å². The highest BCUT2D eigenvalue weighted by molar-refractivity contribution is 6.30. The molecule has 4 rings (SSSR count). The van der Waals surface area contributed by atoms with Crippen molar-refractivity contribution >= 4 is 23.3 Å². The third kappa shape index (κ3) is 3.62. The molecular formula is C23H21ClF3NO2. The number of Topliss-reactive ketones (excluding diaryl/α,β-unsaturated/α-hetero) is 1. The van der Waals surface area contributed by atoms with Crippen molar-refractivity contribution < 1.29 is 22.8 Å². The fraction of sp³-hybridized carbons (Fsp3) is 0.391. The molecule has 0 bridgehead atoms. The Hall–Kier alpha value is -2.34. The molecule has 0 radical (unpaired) electrons. The lowest BCUT2D eigenvalue weighted by atomic mass is 9.72. The third-order valence-electron chi connectivity index (χ3n) is 6.43. The molecule has 2 fully saturated rings. The minimum Gasteiger partial charge on any atom is -0.343 e. The summed E-state index contributed by atoms with van der Waals surface area (Å²) in [7, 11) is 0. The number of hydrogen-bond acceptors (Lipinski definition) is 2. The summed E-state index contributed by atoms with van der Waals surface area (Å²) in [6, 6.07) is 12.8. The van der Waals surface area contributed by atoms with Gasteiger partial charge in [-0.1, -0.05) is 35.9 Å². The highest BCUT2D eigenvalue weighted by Crippen LogP contribution is 2.46. The number of halogens is 4. The van der Waals surface area contributed by atoms with Gasteiger partial charge in [-0.2, -0.15) is 13.2 Å². The van der Waals surface area contributed by atoms with Crippen LogP contribution < -0.4 is 5.32 Å². The zero-order valence-corrected chi connectivity index (χ0v) is 17.1. The molecule has 1 spiro atoms. The first-order valence-electron chi connectivity index (χ1n) is 9.90. The predicted molar refractivity (Wildman–Crippen MR) is 108 cm³/mol. The van der Waals surface area contributed by atoms with Crippen molar-refractivity contribution in [3.05, 3.63) is 58.6 Å². The SMILES string of the molecule is Cc1ccc(-c2ccc(Cl)cc2)cc1C1C(=O)NC2(CCC(C(F)(F)F)CC2)C1=O. The van der Waals surface area contributed by atoms with Gasteiger partial charge in [0.25, 0.3) is 0 Å². The van der Waals surface area contributed by atoms with Crippen molar-refractivity contribution in [3.63, 3.8) is 0 Å². The number of ketones is 1. The molecule has 1 saturated carbocycles. The number of rotatable bonds is 2. The van der Waals surface area contributed by atoms with E-state index in [2.05, 4.69) is 5.32 Å². The van der Waals surface area contributed by atoms with E-state index >= 15 is 0 Å². The van der Waals surface area contributed by atoms with E-state index in [0.29, 0.717) is 10.6 Å². The van der Waals surface area contributed by atoms with Gasteiger partial charge in [0.15, 0.2) is 5.78 Å². The summed E-state index contributed by atoms with van der Waals surface area (Å²) >= 11 is 5.95. The van der Waals surface area contributed by atoms with Crippen molar-refractivity contribution in [3.8, 4) is 11.1 Å². The highest BCUT2D eigenvalue weighted by Gasteiger charge is 2.56. The maximum absolute atomic E-state index is 13.3. The molecule has 1 aliphatic carbocycles. The predicted octanol–water partition coefficient (Wildman–Crippen LogP) is 5.59. The quantitative estimate of drug-likeness (QED) is 0.625. The molecule has 1 amide bonds. The summed E-state index contributed by atoms with van der Waals surface area (Å²) in [6.45, 7) is 1.83. The van der Waals surface area contributed by atoms with E-state index in [0.717, 1.165) is 16.7 Å². The Bertz CT molecular complexity index is 992. The first-order valence-corrected chi connectivity index (χ1v) is 10.3. The van der Waals surface area contributed by atoms with E-state index in [-0.39, 0.29) is 31.5 Å². The zero-order valence-electron chi connectivity index (χ0n) is 16.4. The number of aryl methyl sites for hydroxylation is 1. The second-order valence-corrected chi connectivity index (χ2v) is 8.70. The minimum absolute atomic E-state index is 0.0220. The summed E-state index contributed by atoms with van der Waals surface area (Å²) < 4.78 is 39.1. The van der Waals surface area contributed by atoms with Crippen molar-refractivity contribution in [2.24, 2.45) is 5.92 Å². The lowest BCUT2D eigenvalue weighted by molar-refractivity contribution is -0.185. The van der Waals surface area contributed by atoms with Crippen LogP contribution in [0.1, 0.15) is 42.7 Å². The van der Waals surface area contributed by atoms with Gasteiger partial charge in [0.1, 0.15) is 5.92 Å². The molecule has 3 nitrogen and oxygen atoms in total.